The van der Waals surface area contributed by atoms with Crippen LogP contribution >= 0.6 is 0 Å². The molecule has 3 aromatic rings. The van der Waals surface area contributed by atoms with Gasteiger partial charge in [-0.3, -0.25) is 4.79 Å². The largest absolute Gasteiger partial charge is 0.339 e. The van der Waals surface area contributed by atoms with E-state index in [0.29, 0.717) is 11.4 Å². The molecule has 0 bridgehead atoms. The number of carbonyl (C=O) groups is 1. The molecule has 7 heteroatoms. The Morgan fingerprint density at radius 1 is 1.16 bits per heavy atom. The molecule has 128 valence electrons. The first kappa shape index (κ1) is 16.8. The van der Waals surface area contributed by atoms with Crippen molar-refractivity contribution in [2.45, 2.75) is 19.8 Å². The van der Waals surface area contributed by atoms with Crippen molar-refractivity contribution in [1.82, 2.24) is 10.1 Å². The molecular formula is C18H15F2N3O2. The second-order valence-corrected chi connectivity index (χ2v) is 5.55. The fourth-order valence-electron chi connectivity index (χ4n) is 2.24. The number of rotatable bonds is 5. The molecule has 0 unspecified atom stereocenters. The van der Waals surface area contributed by atoms with Crippen LogP contribution < -0.4 is 5.32 Å². The number of hydrogen-bond acceptors (Lipinski definition) is 4. The van der Waals surface area contributed by atoms with Crippen molar-refractivity contribution < 1.29 is 18.1 Å². The predicted molar refractivity (Wildman–Crippen MR) is 87.8 cm³/mol. The van der Waals surface area contributed by atoms with Gasteiger partial charge in [0, 0.05) is 18.4 Å². The summed E-state index contributed by atoms with van der Waals surface area (Å²) in [4.78, 5) is 16.1. The number of nitrogens with zero attached hydrogens (tertiary/aromatic N) is 2. The Labute approximate surface area is 142 Å². The van der Waals surface area contributed by atoms with E-state index in [1.807, 2.05) is 6.92 Å². The monoisotopic (exact) mass is 343 g/mol. The lowest BCUT2D eigenvalue weighted by atomic mass is 10.2. The van der Waals surface area contributed by atoms with Crippen molar-refractivity contribution in [1.29, 1.82) is 0 Å². The van der Waals surface area contributed by atoms with Gasteiger partial charge >= 0.3 is 0 Å². The highest BCUT2D eigenvalue weighted by Crippen LogP contribution is 2.18. The van der Waals surface area contributed by atoms with Crippen molar-refractivity contribution in [2.24, 2.45) is 0 Å². The number of aryl methyl sites for hydroxylation is 2. The molecule has 1 N–H and O–H groups in total. The van der Waals surface area contributed by atoms with Crippen LogP contribution in [0.15, 0.2) is 47.0 Å². The molecular weight excluding hydrogens is 328 g/mol. The minimum Gasteiger partial charge on any atom is -0.339 e. The van der Waals surface area contributed by atoms with Crippen LogP contribution in [-0.4, -0.2) is 16.0 Å². The van der Waals surface area contributed by atoms with Gasteiger partial charge in [-0.15, -0.1) is 0 Å². The van der Waals surface area contributed by atoms with Gasteiger partial charge in [0.1, 0.15) is 11.6 Å². The maximum atomic E-state index is 13.6. The second kappa shape index (κ2) is 7.21. The Balaban J connectivity index is 1.59. The topological polar surface area (TPSA) is 68.0 Å². The quantitative estimate of drug-likeness (QED) is 0.763. The van der Waals surface area contributed by atoms with Crippen LogP contribution in [0.3, 0.4) is 0 Å². The molecule has 0 spiro atoms. The lowest BCUT2D eigenvalue weighted by Gasteiger charge is -2.06. The SMILES string of the molecule is Cc1ccc(F)c(NC(=O)CCc2nc(-c3ccc(F)cc3)no2)c1. The van der Waals surface area contributed by atoms with Crippen molar-refractivity contribution in [2.75, 3.05) is 5.32 Å². The number of halogens is 2. The minimum atomic E-state index is -0.490. The molecule has 0 aliphatic rings. The number of aromatic nitrogens is 2. The van der Waals surface area contributed by atoms with Gasteiger partial charge in [-0.2, -0.15) is 4.98 Å². The lowest BCUT2D eigenvalue weighted by molar-refractivity contribution is -0.116. The molecule has 0 aliphatic carbocycles. The molecule has 1 amide bonds. The number of anilines is 1. The number of benzene rings is 2. The van der Waals surface area contributed by atoms with Gasteiger partial charge in [0.25, 0.3) is 0 Å². The first-order chi connectivity index (χ1) is 12.0. The van der Waals surface area contributed by atoms with Gasteiger partial charge < -0.3 is 9.84 Å². The molecule has 1 aromatic heterocycles. The average Bonchev–Trinajstić information content (AvgIpc) is 3.06. The van der Waals surface area contributed by atoms with E-state index in [1.54, 1.807) is 12.1 Å². The fraction of sp³-hybridized carbons (Fsp3) is 0.167. The number of hydrogen-bond donors (Lipinski definition) is 1. The normalized spacial score (nSPS) is 10.7. The molecule has 1 heterocycles. The van der Waals surface area contributed by atoms with Crippen LogP contribution in [0.2, 0.25) is 0 Å². The average molecular weight is 343 g/mol. The predicted octanol–water partition coefficient (Wildman–Crippen LogP) is 3.89. The zero-order chi connectivity index (χ0) is 17.8. The second-order valence-electron chi connectivity index (χ2n) is 5.55. The molecule has 0 atom stereocenters. The van der Waals surface area contributed by atoms with E-state index in [-0.39, 0.29) is 36.1 Å². The Morgan fingerprint density at radius 3 is 2.68 bits per heavy atom. The van der Waals surface area contributed by atoms with Gasteiger partial charge in [-0.25, -0.2) is 8.78 Å². The van der Waals surface area contributed by atoms with E-state index >= 15 is 0 Å². The smallest absolute Gasteiger partial charge is 0.227 e. The van der Waals surface area contributed by atoms with Gasteiger partial charge in [-0.05, 0) is 48.9 Å². The molecule has 5 nitrogen and oxygen atoms in total. The van der Waals surface area contributed by atoms with Crippen LogP contribution in [0.5, 0.6) is 0 Å². The summed E-state index contributed by atoms with van der Waals surface area (Å²) in [5, 5.41) is 6.32. The number of carbonyl (C=O) groups excluding carboxylic acids is 1. The summed E-state index contributed by atoms with van der Waals surface area (Å²) >= 11 is 0. The van der Waals surface area contributed by atoms with Crippen LogP contribution in [0.4, 0.5) is 14.5 Å². The zero-order valence-electron chi connectivity index (χ0n) is 13.4. The Bertz CT molecular complexity index is 892. The van der Waals surface area contributed by atoms with E-state index in [2.05, 4.69) is 15.5 Å². The number of amides is 1. The molecule has 25 heavy (non-hydrogen) atoms. The summed E-state index contributed by atoms with van der Waals surface area (Å²) in [7, 11) is 0. The molecule has 0 aliphatic heterocycles. The highest BCUT2D eigenvalue weighted by molar-refractivity contribution is 5.91. The molecule has 0 fully saturated rings. The summed E-state index contributed by atoms with van der Waals surface area (Å²) in [6.07, 6.45) is 0.284. The third-order valence-electron chi connectivity index (χ3n) is 3.53. The maximum absolute atomic E-state index is 13.6. The van der Waals surface area contributed by atoms with E-state index < -0.39 is 5.82 Å². The van der Waals surface area contributed by atoms with E-state index in [4.69, 9.17) is 4.52 Å². The lowest BCUT2D eigenvalue weighted by Crippen LogP contribution is -2.13. The Hall–Kier alpha value is -3.09. The fourth-order valence-corrected chi connectivity index (χ4v) is 2.24. The van der Waals surface area contributed by atoms with E-state index in [1.165, 1.54) is 30.3 Å². The van der Waals surface area contributed by atoms with Crippen LogP contribution in [0.1, 0.15) is 17.9 Å². The van der Waals surface area contributed by atoms with Gasteiger partial charge in [0.05, 0.1) is 5.69 Å². The third-order valence-corrected chi connectivity index (χ3v) is 3.53. The summed E-state index contributed by atoms with van der Waals surface area (Å²) in [6, 6.07) is 10.2. The summed E-state index contributed by atoms with van der Waals surface area (Å²) in [5.41, 5.74) is 1.60. The van der Waals surface area contributed by atoms with Gasteiger partial charge in [-0.1, -0.05) is 11.2 Å². The molecule has 3 rings (SSSR count). The van der Waals surface area contributed by atoms with Crippen LogP contribution in [0, 0.1) is 18.6 Å². The van der Waals surface area contributed by atoms with Crippen LogP contribution in [-0.2, 0) is 11.2 Å². The Kier molecular flexibility index (Phi) is 4.83. The minimum absolute atomic E-state index is 0.0679. The summed E-state index contributed by atoms with van der Waals surface area (Å²) in [5.74, 6) is -0.604. The standard InChI is InChI=1S/C18H15F2N3O2/c1-11-2-7-14(20)15(10-11)21-16(24)8-9-17-22-18(23-25-17)12-3-5-13(19)6-4-12/h2-7,10H,8-9H2,1H3,(H,21,24). The van der Waals surface area contributed by atoms with Crippen molar-refractivity contribution in [3.8, 4) is 11.4 Å². The first-order valence-electron chi connectivity index (χ1n) is 7.66. The Morgan fingerprint density at radius 2 is 1.92 bits per heavy atom. The highest BCUT2D eigenvalue weighted by Gasteiger charge is 2.12. The van der Waals surface area contributed by atoms with Gasteiger partial charge in [0.2, 0.25) is 17.6 Å². The van der Waals surface area contributed by atoms with Crippen molar-refractivity contribution >= 4 is 11.6 Å². The van der Waals surface area contributed by atoms with Crippen molar-refractivity contribution in [3.63, 3.8) is 0 Å². The number of nitrogens with one attached hydrogen (secondary N) is 1. The summed E-state index contributed by atoms with van der Waals surface area (Å²) in [6.45, 7) is 1.81. The van der Waals surface area contributed by atoms with E-state index in [9.17, 15) is 13.6 Å². The highest BCUT2D eigenvalue weighted by atomic mass is 19.1. The zero-order valence-corrected chi connectivity index (χ0v) is 13.4. The molecule has 2 aromatic carbocycles. The van der Waals surface area contributed by atoms with Crippen molar-refractivity contribution in [3.05, 3.63) is 65.6 Å². The van der Waals surface area contributed by atoms with Crippen LogP contribution in [0.25, 0.3) is 11.4 Å². The first-order valence-corrected chi connectivity index (χ1v) is 7.66. The van der Waals surface area contributed by atoms with E-state index in [0.717, 1.165) is 5.56 Å². The third kappa shape index (κ3) is 4.26. The van der Waals surface area contributed by atoms with Gasteiger partial charge in [0.15, 0.2) is 0 Å². The molecule has 0 radical (unpaired) electrons. The molecule has 0 saturated carbocycles. The molecule has 0 saturated heterocycles. The maximum Gasteiger partial charge on any atom is 0.227 e. The summed E-state index contributed by atoms with van der Waals surface area (Å²) < 4.78 is 31.6.